The summed E-state index contributed by atoms with van der Waals surface area (Å²) in [7, 11) is 0. The van der Waals surface area contributed by atoms with Crippen LogP contribution in [0.5, 0.6) is 0 Å². The highest BCUT2D eigenvalue weighted by atomic mass is 14.3. The third kappa shape index (κ3) is 2.86. The summed E-state index contributed by atoms with van der Waals surface area (Å²) in [6.07, 6.45) is 9.20. The number of allylic oxidation sites excluding steroid dienone is 2. The van der Waals surface area contributed by atoms with Crippen LogP contribution in [0.15, 0.2) is 11.6 Å². The minimum Gasteiger partial charge on any atom is -0.0845 e. The van der Waals surface area contributed by atoms with Crippen LogP contribution in [0.3, 0.4) is 0 Å². The van der Waals surface area contributed by atoms with E-state index in [1.807, 2.05) is 0 Å². The Kier molecular flexibility index (Phi) is 3.58. The van der Waals surface area contributed by atoms with Gasteiger partial charge in [0.2, 0.25) is 0 Å². The molecule has 0 nitrogen and oxygen atoms in total. The molecule has 0 heterocycles. The molecular formula is C13H24. The molecule has 0 N–H and O–H groups in total. The SMILES string of the molecule is CCCC(C)(C)C1=CCC(C)CC1. The van der Waals surface area contributed by atoms with Crippen molar-refractivity contribution in [2.45, 2.75) is 59.8 Å². The Morgan fingerprint density at radius 3 is 2.62 bits per heavy atom. The second kappa shape index (κ2) is 4.30. The van der Waals surface area contributed by atoms with Gasteiger partial charge in [0.25, 0.3) is 0 Å². The molecule has 1 rings (SSSR count). The zero-order valence-electron chi connectivity index (χ0n) is 9.69. The van der Waals surface area contributed by atoms with Crippen LogP contribution in [0.2, 0.25) is 0 Å². The summed E-state index contributed by atoms with van der Waals surface area (Å²) in [5.74, 6) is 0.918. The summed E-state index contributed by atoms with van der Waals surface area (Å²) < 4.78 is 0. The van der Waals surface area contributed by atoms with Gasteiger partial charge in [-0.15, -0.1) is 0 Å². The Morgan fingerprint density at radius 2 is 2.15 bits per heavy atom. The molecule has 0 aromatic heterocycles. The molecule has 0 bridgehead atoms. The molecule has 1 aliphatic carbocycles. The molecule has 0 spiro atoms. The topological polar surface area (TPSA) is 0 Å². The van der Waals surface area contributed by atoms with E-state index in [1.54, 1.807) is 5.57 Å². The van der Waals surface area contributed by atoms with E-state index in [1.165, 1.54) is 32.1 Å². The maximum Gasteiger partial charge on any atom is -0.0145 e. The monoisotopic (exact) mass is 180 g/mol. The van der Waals surface area contributed by atoms with Crippen molar-refractivity contribution in [1.29, 1.82) is 0 Å². The molecule has 0 amide bonds. The lowest BCUT2D eigenvalue weighted by molar-refractivity contribution is 0.361. The Hall–Kier alpha value is -0.260. The van der Waals surface area contributed by atoms with E-state index < -0.39 is 0 Å². The number of hydrogen-bond acceptors (Lipinski definition) is 0. The Balaban J connectivity index is 2.60. The summed E-state index contributed by atoms with van der Waals surface area (Å²) in [5.41, 5.74) is 2.18. The quantitative estimate of drug-likeness (QED) is 0.558. The molecule has 1 aliphatic rings. The molecule has 0 saturated carbocycles. The van der Waals surface area contributed by atoms with Crippen LogP contribution in [0.25, 0.3) is 0 Å². The van der Waals surface area contributed by atoms with E-state index in [2.05, 4.69) is 33.8 Å². The fourth-order valence-corrected chi connectivity index (χ4v) is 2.37. The highest BCUT2D eigenvalue weighted by Gasteiger charge is 2.24. The molecule has 0 fully saturated rings. The average Bonchev–Trinajstić information content (AvgIpc) is 2.05. The number of hydrogen-bond donors (Lipinski definition) is 0. The Morgan fingerprint density at radius 1 is 1.46 bits per heavy atom. The summed E-state index contributed by atoms with van der Waals surface area (Å²) in [5, 5.41) is 0. The maximum absolute atomic E-state index is 2.50. The van der Waals surface area contributed by atoms with Crippen molar-refractivity contribution in [3.63, 3.8) is 0 Å². The largest absolute Gasteiger partial charge is 0.0845 e. The Labute approximate surface area is 83.4 Å². The fraction of sp³-hybridized carbons (Fsp3) is 0.846. The van der Waals surface area contributed by atoms with E-state index in [9.17, 15) is 0 Å². The van der Waals surface area contributed by atoms with Crippen molar-refractivity contribution in [3.05, 3.63) is 11.6 Å². The second-order valence-corrected chi connectivity index (χ2v) is 5.24. The first-order valence-electron chi connectivity index (χ1n) is 5.75. The first-order valence-corrected chi connectivity index (χ1v) is 5.75. The lowest BCUT2D eigenvalue weighted by Gasteiger charge is -2.31. The Bertz CT molecular complexity index is 186. The molecule has 0 radical (unpaired) electrons. The van der Waals surface area contributed by atoms with Gasteiger partial charge in [-0.05, 0) is 37.0 Å². The summed E-state index contributed by atoms with van der Waals surface area (Å²) in [6, 6.07) is 0. The van der Waals surface area contributed by atoms with E-state index in [-0.39, 0.29) is 0 Å². The number of rotatable bonds is 3. The molecule has 1 atom stereocenters. The van der Waals surface area contributed by atoms with Crippen molar-refractivity contribution in [2.75, 3.05) is 0 Å². The highest BCUT2D eigenvalue weighted by molar-refractivity contribution is 5.14. The van der Waals surface area contributed by atoms with Crippen LogP contribution < -0.4 is 0 Å². The fourth-order valence-electron chi connectivity index (χ4n) is 2.37. The maximum atomic E-state index is 2.50. The van der Waals surface area contributed by atoms with Gasteiger partial charge in [-0.25, -0.2) is 0 Å². The van der Waals surface area contributed by atoms with E-state index in [0.29, 0.717) is 5.41 Å². The van der Waals surface area contributed by atoms with E-state index in [0.717, 1.165) is 5.92 Å². The van der Waals surface area contributed by atoms with Crippen LogP contribution in [-0.4, -0.2) is 0 Å². The molecule has 0 aromatic carbocycles. The molecular weight excluding hydrogens is 156 g/mol. The normalized spacial score (nSPS) is 24.3. The van der Waals surface area contributed by atoms with Crippen LogP contribution in [0, 0.1) is 11.3 Å². The van der Waals surface area contributed by atoms with Crippen molar-refractivity contribution in [1.82, 2.24) is 0 Å². The predicted molar refractivity (Wildman–Crippen MR) is 59.8 cm³/mol. The summed E-state index contributed by atoms with van der Waals surface area (Å²) in [4.78, 5) is 0. The standard InChI is InChI=1S/C13H24/c1-5-10-13(3,4)12-8-6-11(2)7-9-12/h8,11H,5-7,9-10H2,1-4H3. The van der Waals surface area contributed by atoms with Crippen LogP contribution in [0.1, 0.15) is 59.8 Å². The third-order valence-electron chi connectivity index (χ3n) is 3.42. The predicted octanol–water partition coefficient (Wildman–Crippen LogP) is 4.56. The van der Waals surface area contributed by atoms with Gasteiger partial charge in [-0.3, -0.25) is 0 Å². The van der Waals surface area contributed by atoms with Gasteiger partial charge in [0, 0.05) is 0 Å². The van der Waals surface area contributed by atoms with Gasteiger partial charge < -0.3 is 0 Å². The van der Waals surface area contributed by atoms with Gasteiger partial charge in [-0.1, -0.05) is 45.8 Å². The van der Waals surface area contributed by atoms with Gasteiger partial charge >= 0.3 is 0 Å². The average molecular weight is 180 g/mol. The molecule has 1 unspecified atom stereocenters. The molecule has 0 heteroatoms. The lowest BCUT2D eigenvalue weighted by Crippen LogP contribution is -2.18. The van der Waals surface area contributed by atoms with Crippen LogP contribution >= 0.6 is 0 Å². The van der Waals surface area contributed by atoms with Gasteiger partial charge in [0.05, 0.1) is 0 Å². The second-order valence-electron chi connectivity index (χ2n) is 5.24. The van der Waals surface area contributed by atoms with Gasteiger partial charge in [0.15, 0.2) is 0 Å². The third-order valence-corrected chi connectivity index (χ3v) is 3.42. The van der Waals surface area contributed by atoms with Crippen molar-refractivity contribution in [3.8, 4) is 0 Å². The lowest BCUT2D eigenvalue weighted by atomic mass is 9.74. The van der Waals surface area contributed by atoms with Gasteiger partial charge in [-0.2, -0.15) is 0 Å². The minimum absolute atomic E-state index is 0.467. The molecule has 0 aliphatic heterocycles. The van der Waals surface area contributed by atoms with Crippen molar-refractivity contribution < 1.29 is 0 Å². The first-order chi connectivity index (χ1) is 6.06. The van der Waals surface area contributed by atoms with Crippen LogP contribution in [0.4, 0.5) is 0 Å². The van der Waals surface area contributed by atoms with E-state index >= 15 is 0 Å². The van der Waals surface area contributed by atoms with E-state index in [4.69, 9.17) is 0 Å². The highest BCUT2D eigenvalue weighted by Crippen LogP contribution is 2.38. The van der Waals surface area contributed by atoms with Crippen LogP contribution in [-0.2, 0) is 0 Å². The molecule has 13 heavy (non-hydrogen) atoms. The molecule has 0 saturated heterocycles. The molecule has 76 valence electrons. The minimum atomic E-state index is 0.467. The zero-order valence-corrected chi connectivity index (χ0v) is 9.69. The zero-order chi connectivity index (χ0) is 9.90. The molecule has 0 aromatic rings. The first kappa shape index (κ1) is 10.8. The smallest absolute Gasteiger partial charge is 0.0145 e. The summed E-state index contributed by atoms with van der Waals surface area (Å²) in [6.45, 7) is 9.45. The van der Waals surface area contributed by atoms with Gasteiger partial charge in [0.1, 0.15) is 0 Å². The van der Waals surface area contributed by atoms with Crippen molar-refractivity contribution >= 4 is 0 Å². The summed E-state index contributed by atoms with van der Waals surface area (Å²) >= 11 is 0. The van der Waals surface area contributed by atoms with Crippen molar-refractivity contribution in [2.24, 2.45) is 11.3 Å².